The summed E-state index contributed by atoms with van der Waals surface area (Å²) >= 11 is 0. The second-order valence-electron chi connectivity index (χ2n) is 7.39. The number of rotatable bonds is 5. The largest absolute Gasteiger partial charge is 0.444 e. The highest BCUT2D eigenvalue weighted by atomic mass is 16.6. The number of carbonyl (C=O) groups excluding carboxylic acids is 2. The van der Waals surface area contributed by atoms with Gasteiger partial charge >= 0.3 is 12.1 Å². The van der Waals surface area contributed by atoms with Gasteiger partial charge in [-0.05, 0) is 45.6 Å². The van der Waals surface area contributed by atoms with Gasteiger partial charge in [0.05, 0.1) is 12.0 Å². The Balaban J connectivity index is 2.10. The van der Waals surface area contributed by atoms with E-state index in [-0.39, 0.29) is 17.9 Å². The molecule has 0 saturated heterocycles. The first-order chi connectivity index (χ1) is 11.2. The van der Waals surface area contributed by atoms with Crippen LogP contribution >= 0.6 is 0 Å². The predicted octanol–water partition coefficient (Wildman–Crippen LogP) is 4.22. The van der Waals surface area contributed by atoms with Gasteiger partial charge in [-0.15, -0.1) is 0 Å². The molecular weight excluding hydrogens is 306 g/mol. The monoisotopic (exact) mass is 333 g/mol. The van der Waals surface area contributed by atoms with Crippen molar-refractivity contribution >= 4 is 12.1 Å². The number of carbonyl (C=O) groups is 2. The molecule has 0 radical (unpaired) electrons. The Bertz CT molecular complexity index is 606. The lowest BCUT2D eigenvalue weighted by molar-refractivity contribution is -0.136. The zero-order valence-electron chi connectivity index (χ0n) is 15.1. The van der Waals surface area contributed by atoms with E-state index < -0.39 is 11.7 Å². The molecule has 0 heterocycles. The summed E-state index contributed by atoms with van der Waals surface area (Å²) in [5, 5.41) is 2.85. The highest BCUT2D eigenvalue weighted by Crippen LogP contribution is 2.39. The van der Waals surface area contributed by atoms with Crippen LogP contribution in [0.15, 0.2) is 24.3 Å². The number of benzene rings is 1. The van der Waals surface area contributed by atoms with Gasteiger partial charge < -0.3 is 14.8 Å². The van der Waals surface area contributed by atoms with Gasteiger partial charge in [-0.1, -0.05) is 32.0 Å². The molecule has 1 aliphatic carbocycles. The summed E-state index contributed by atoms with van der Waals surface area (Å²) in [6, 6.07) is 7.04. The van der Waals surface area contributed by atoms with Crippen LogP contribution in [-0.2, 0) is 9.53 Å². The lowest BCUT2D eigenvalue weighted by atomic mass is 10.0. The first-order valence-corrected chi connectivity index (χ1v) is 8.51. The third-order valence-electron chi connectivity index (χ3n) is 4.02. The molecule has 1 saturated carbocycles. The minimum Gasteiger partial charge on any atom is -0.444 e. The topological polar surface area (TPSA) is 64.6 Å². The third kappa shape index (κ3) is 4.98. The summed E-state index contributed by atoms with van der Waals surface area (Å²) in [5.74, 6) is 0.704. The molecule has 1 N–H and O–H groups in total. The molecule has 1 aromatic carbocycles. The quantitative estimate of drug-likeness (QED) is 0.647. The molecule has 0 bridgehead atoms. The number of ether oxygens (including phenoxy) is 2. The van der Waals surface area contributed by atoms with Gasteiger partial charge in [0.15, 0.2) is 0 Å². The number of para-hydroxylation sites is 1. The second-order valence-corrected chi connectivity index (χ2v) is 7.39. The van der Waals surface area contributed by atoms with E-state index in [0.717, 1.165) is 12.0 Å². The second kappa shape index (κ2) is 7.24. The van der Waals surface area contributed by atoms with E-state index in [0.29, 0.717) is 18.1 Å². The van der Waals surface area contributed by atoms with Crippen LogP contribution in [0, 0.1) is 11.8 Å². The van der Waals surface area contributed by atoms with Crippen molar-refractivity contribution in [3.8, 4) is 5.75 Å². The molecule has 5 heteroatoms. The third-order valence-corrected chi connectivity index (χ3v) is 4.02. The molecule has 1 aliphatic rings. The lowest BCUT2D eigenvalue weighted by Crippen LogP contribution is -2.35. The van der Waals surface area contributed by atoms with Gasteiger partial charge in [-0.25, -0.2) is 4.79 Å². The Morgan fingerprint density at radius 2 is 1.92 bits per heavy atom. The maximum atomic E-state index is 12.1. The van der Waals surface area contributed by atoms with Gasteiger partial charge in [-0.2, -0.15) is 0 Å². The summed E-state index contributed by atoms with van der Waals surface area (Å²) in [6.45, 7) is 9.46. The van der Waals surface area contributed by atoms with Gasteiger partial charge in [0.2, 0.25) is 0 Å². The van der Waals surface area contributed by atoms with Crippen LogP contribution in [0.3, 0.4) is 0 Å². The SMILES string of the molecule is CC[C@H](NC(=O)OC(C)(C)C)c1ccccc1OC(=O)[C@@H]1C[C@H]1C. The highest BCUT2D eigenvalue weighted by molar-refractivity contribution is 5.78. The van der Waals surface area contributed by atoms with E-state index in [1.165, 1.54) is 0 Å². The van der Waals surface area contributed by atoms with Crippen LogP contribution in [0.25, 0.3) is 0 Å². The molecule has 1 aromatic rings. The van der Waals surface area contributed by atoms with E-state index in [1.807, 2.05) is 52.8 Å². The van der Waals surface area contributed by atoms with Gasteiger partial charge in [-0.3, -0.25) is 4.79 Å². The Labute approximate surface area is 143 Å². The van der Waals surface area contributed by atoms with E-state index in [9.17, 15) is 9.59 Å². The van der Waals surface area contributed by atoms with E-state index in [1.54, 1.807) is 6.07 Å². The van der Waals surface area contributed by atoms with Crippen molar-refractivity contribution in [2.24, 2.45) is 11.8 Å². The number of amides is 1. The molecule has 3 atom stereocenters. The molecule has 0 unspecified atom stereocenters. The molecule has 5 nitrogen and oxygen atoms in total. The van der Waals surface area contributed by atoms with Gasteiger partial charge in [0, 0.05) is 5.56 Å². The molecule has 0 spiro atoms. The fourth-order valence-electron chi connectivity index (χ4n) is 2.55. The Morgan fingerprint density at radius 1 is 1.29 bits per heavy atom. The summed E-state index contributed by atoms with van der Waals surface area (Å²) < 4.78 is 10.9. The number of hydrogen-bond acceptors (Lipinski definition) is 4. The highest BCUT2D eigenvalue weighted by Gasteiger charge is 2.41. The van der Waals surface area contributed by atoms with Crippen molar-refractivity contribution in [3.05, 3.63) is 29.8 Å². The van der Waals surface area contributed by atoms with E-state index in [4.69, 9.17) is 9.47 Å². The van der Waals surface area contributed by atoms with Crippen molar-refractivity contribution in [2.75, 3.05) is 0 Å². The average Bonchev–Trinajstić information content (AvgIpc) is 3.21. The molecule has 1 fully saturated rings. The Kier molecular flexibility index (Phi) is 5.52. The van der Waals surface area contributed by atoms with Crippen molar-refractivity contribution in [1.82, 2.24) is 5.32 Å². The smallest absolute Gasteiger partial charge is 0.408 e. The standard InChI is InChI=1S/C19H27NO4/c1-6-15(20-18(22)24-19(3,4)5)13-9-7-8-10-16(13)23-17(21)14-11-12(14)2/h7-10,12,14-15H,6,11H2,1-5H3,(H,20,22)/t12-,14-,15+/m1/s1. The zero-order chi connectivity index (χ0) is 17.9. The van der Waals surface area contributed by atoms with Crippen LogP contribution in [0.4, 0.5) is 4.79 Å². The van der Waals surface area contributed by atoms with E-state index in [2.05, 4.69) is 5.32 Å². The van der Waals surface area contributed by atoms with Crippen LogP contribution in [0.5, 0.6) is 5.75 Å². The molecular formula is C19H27NO4. The summed E-state index contributed by atoms with van der Waals surface area (Å²) in [6.07, 6.45) is 1.06. The molecule has 0 aliphatic heterocycles. The van der Waals surface area contributed by atoms with Crippen LogP contribution in [0.1, 0.15) is 59.1 Å². The number of esters is 1. The fraction of sp³-hybridized carbons (Fsp3) is 0.579. The maximum Gasteiger partial charge on any atom is 0.408 e. The molecule has 24 heavy (non-hydrogen) atoms. The minimum atomic E-state index is -0.559. The fourth-order valence-corrected chi connectivity index (χ4v) is 2.55. The first-order valence-electron chi connectivity index (χ1n) is 8.51. The summed E-state index contributed by atoms with van der Waals surface area (Å²) in [7, 11) is 0. The Morgan fingerprint density at radius 3 is 2.46 bits per heavy atom. The van der Waals surface area contributed by atoms with Gasteiger partial charge in [0.1, 0.15) is 11.4 Å². The first kappa shape index (κ1) is 18.3. The normalized spacial score (nSPS) is 20.9. The minimum absolute atomic E-state index is 0.00283. The zero-order valence-corrected chi connectivity index (χ0v) is 15.1. The Hall–Kier alpha value is -2.04. The lowest BCUT2D eigenvalue weighted by Gasteiger charge is -2.24. The van der Waals surface area contributed by atoms with Crippen molar-refractivity contribution < 1.29 is 19.1 Å². The van der Waals surface area contributed by atoms with Crippen molar-refractivity contribution in [1.29, 1.82) is 0 Å². The molecule has 0 aromatic heterocycles. The molecule has 132 valence electrons. The van der Waals surface area contributed by atoms with Crippen LogP contribution in [-0.4, -0.2) is 17.7 Å². The average molecular weight is 333 g/mol. The summed E-state index contributed by atoms with van der Waals surface area (Å²) in [4.78, 5) is 24.2. The number of alkyl carbamates (subject to hydrolysis) is 1. The van der Waals surface area contributed by atoms with Crippen molar-refractivity contribution in [2.45, 2.75) is 59.1 Å². The van der Waals surface area contributed by atoms with Crippen LogP contribution < -0.4 is 10.1 Å². The van der Waals surface area contributed by atoms with Gasteiger partial charge in [0.25, 0.3) is 0 Å². The molecule has 2 rings (SSSR count). The summed E-state index contributed by atoms with van der Waals surface area (Å²) in [5.41, 5.74) is 0.226. The van der Waals surface area contributed by atoms with Crippen molar-refractivity contribution in [3.63, 3.8) is 0 Å². The predicted molar refractivity (Wildman–Crippen MR) is 91.7 cm³/mol. The maximum absolute atomic E-state index is 12.1. The van der Waals surface area contributed by atoms with E-state index >= 15 is 0 Å². The number of hydrogen-bond donors (Lipinski definition) is 1. The van der Waals surface area contributed by atoms with Crippen LogP contribution in [0.2, 0.25) is 0 Å². The number of nitrogens with one attached hydrogen (secondary N) is 1. The molecule has 1 amide bonds.